The molecule has 0 aromatic heterocycles. The number of carboxylic acids is 1. The zero-order chi connectivity index (χ0) is 13.4. The van der Waals surface area contributed by atoms with E-state index in [4.69, 9.17) is 15.0 Å². The Bertz CT molecular complexity index is 172. The van der Waals surface area contributed by atoms with Crippen LogP contribution in [-0.2, 0) is 4.79 Å². The molecule has 0 unspecified atom stereocenters. The van der Waals surface area contributed by atoms with Crippen LogP contribution >= 0.6 is 0 Å². The summed E-state index contributed by atoms with van der Waals surface area (Å²) in [5.74, 6) is -0.833. The van der Waals surface area contributed by atoms with Gasteiger partial charge in [-0.1, -0.05) is 38.3 Å². The van der Waals surface area contributed by atoms with Gasteiger partial charge in [0.2, 0.25) is 0 Å². The van der Waals surface area contributed by atoms with Gasteiger partial charge in [0.15, 0.2) is 0 Å². The Morgan fingerprint density at radius 3 is 1.88 bits per heavy atom. The summed E-state index contributed by atoms with van der Waals surface area (Å²) in [6, 6.07) is 0. The van der Waals surface area contributed by atoms with Crippen molar-refractivity contribution in [1.82, 2.24) is 0 Å². The van der Waals surface area contributed by atoms with Crippen LogP contribution in [0.15, 0.2) is 12.2 Å². The van der Waals surface area contributed by atoms with Crippen LogP contribution in [0.5, 0.6) is 0 Å². The predicted octanol–water partition coefficient (Wildman–Crippen LogP) is 3.77. The summed E-state index contributed by atoms with van der Waals surface area (Å²) in [6.07, 6.45) is 14.4. The number of unbranched alkanes of at least 4 members (excludes halogenated alkanes) is 6. The zero-order valence-electron chi connectivity index (χ0n) is 11.3. The second-order valence-electron chi connectivity index (χ2n) is 4.06. The first-order valence-corrected chi connectivity index (χ1v) is 6.60. The van der Waals surface area contributed by atoms with E-state index < -0.39 is 5.97 Å². The fourth-order valence-electron chi connectivity index (χ4n) is 1.30. The van der Waals surface area contributed by atoms with Crippen LogP contribution in [0.3, 0.4) is 0 Å². The number of carbonyl (C=O) groups is 1. The summed E-state index contributed by atoms with van der Waals surface area (Å²) >= 11 is 0. The minimum Gasteiger partial charge on any atom is -0.481 e. The Morgan fingerprint density at radius 2 is 1.47 bits per heavy atom. The molecule has 0 atom stereocenters. The molecule has 0 saturated carbocycles. The van der Waals surface area contributed by atoms with Crippen molar-refractivity contribution in [3.8, 4) is 0 Å². The highest BCUT2D eigenvalue weighted by Crippen LogP contribution is 2.03. The van der Waals surface area contributed by atoms with Crippen LogP contribution in [0.4, 0.5) is 0 Å². The van der Waals surface area contributed by atoms with Gasteiger partial charge in [0.25, 0.3) is 5.97 Å². The lowest BCUT2D eigenvalue weighted by atomic mass is 10.1. The lowest BCUT2D eigenvalue weighted by Crippen LogP contribution is -1.81. The van der Waals surface area contributed by atoms with Gasteiger partial charge in [0.1, 0.15) is 0 Å². The van der Waals surface area contributed by atoms with Crippen LogP contribution in [0, 0.1) is 0 Å². The van der Waals surface area contributed by atoms with Gasteiger partial charge in [-0.15, -0.1) is 0 Å². The molecular formula is C14H28O3. The second kappa shape index (κ2) is 17.6. The summed E-state index contributed by atoms with van der Waals surface area (Å²) in [5, 5.41) is 16.0. The van der Waals surface area contributed by atoms with Gasteiger partial charge < -0.3 is 10.2 Å². The van der Waals surface area contributed by atoms with E-state index in [0.717, 1.165) is 19.8 Å². The summed E-state index contributed by atoms with van der Waals surface area (Å²) in [7, 11) is 0. The van der Waals surface area contributed by atoms with Gasteiger partial charge >= 0.3 is 0 Å². The number of hydrogen-bond acceptors (Lipinski definition) is 2. The number of aliphatic carboxylic acids is 1. The Kier molecular flexibility index (Phi) is 19.1. The fourth-order valence-corrected chi connectivity index (χ4v) is 1.30. The highest BCUT2D eigenvalue weighted by atomic mass is 16.4. The van der Waals surface area contributed by atoms with E-state index in [1.165, 1.54) is 38.5 Å². The lowest BCUT2D eigenvalue weighted by Gasteiger charge is -1.94. The topological polar surface area (TPSA) is 57.5 Å². The zero-order valence-corrected chi connectivity index (χ0v) is 11.3. The smallest absolute Gasteiger partial charge is 0.300 e. The first-order valence-electron chi connectivity index (χ1n) is 6.60. The summed E-state index contributed by atoms with van der Waals surface area (Å²) in [4.78, 5) is 9.00. The lowest BCUT2D eigenvalue weighted by molar-refractivity contribution is -0.134. The highest BCUT2D eigenvalue weighted by molar-refractivity contribution is 5.62. The number of aliphatic hydroxyl groups excluding tert-OH is 1. The van der Waals surface area contributed by atoms with E-state index in [0.29, 0.717) is 6.61 Å². The first-order chi connectivity index (χ1) is 8.15. The number of allylic oxidation sites excluding steroid dienone is 2. The molecule has 0 rings (SSSR count). The van der Waals surface area contributed by atoms with Gasteiger partial charge in [-0.2, -0.15) is 0 Å². The highest BCUT2D eigenvalue weighted by Gasteiger charge is 1.85. The normalized spacial score (nSPS) is 10.1. The molecule has 0 aliphatic rings. The minimum absolute atomic E-state index is 0.347. The van der Waals surface area contributed by atoms with Gasteiger partial charge in [0.05, 0.1) is 0 Å². The Balaban J connectivity index is 0. The van der Waals surface area contributed by atoms with Gasteiger partial charge in [0, 0.05) is 13.5 Å². The van der Waals surface area contributed by atoms with Crippen molar-refractivity contribution in [2.24, 2.45) is 0 Å². The Morgan fingerprint density at radius 1 is 1.00 bits per heavy atom. The molecule has 0 aromatic carbocycles. The van der Waals surface area contributed by atoms with E-state index in [1.54, 1.807) is 0 Å². The Labute approximate surface area is 106 Å². The van der Waals surface area contributed by atoms with Crippen molar-refractivity contribution in [2.75, 3.05) is 6.61 Å². The average Bonchev–Trinajstić information content (AvgIpc) is 2.26. The van der Waals surface area contributed by atoms with E-state index in [-0.39, 0.29) is 0 Å². The molecule has 0 aromatic rings. The first kappa shape index (κ1) is 18.5. The number of rotatable bonds is 9. The third-order valence-corrected chi connectivity index (χ3v) is 2.17. The van der Waals surface area contributed by atoms with Crippen LogP contribution in [0.1, 0.15) is 65.2 Å². The molecule has 0 bridgehead atoms. The molecule has 102 valence electrons. The van der Waals surface area contributed by atoms with E-state index in [2.05, 4.69) is 19.1 Å². The van der Waals surface area contributed by atoms with E-state index in [9.17, 15) is 0 Å². The molecule has 3 nitrogen and oxygen atoms in total. The maximum Gasteiger partial charge on any atom is 0.300 e. The molecule has 0 aliphatic heterocycles. The third-order valence-electron chi connectivity index (χ3n) is 2.17. The summed E-state index contributed by atoms with van der Waals surface area (Å²) in [5.41, 5.74) is 0. The maximum atomic E-state index is 9.00. The molecule has 0 saturated heterocycles. The second-order valence-corrected chi connectivity index (χ2v) is 4.06. The fraction of sp³-hybridized carbons (Fsp3) is 0.786. The monoisotopic (exact) mass is 244 g/mol. The van der Waals surface area contributed by atoms with E-state index in [1.807, 2.05) is 0 Å². The SMILES string of the molecule is CC(=O)O.CCCCC/C=C/CCCCCO. The molecule has 0 fully saturated rings. The largest absolute Gasteiger partial charge is 0.481 e. The molecule has 0 radical (unpaired) electrons. The van der Waals surface area contributed by atoms with Gasteiger partial charge in [-0.3, -0.25) is 4.79 Å². The molecule has 0 amide bonds. The predicted molar refractivity (Wildman–Crippen MR) is 72.1 cm³/mol. The molecule has 3 heteroatoms. The van der Waals surface area contributed by atoms with Crippen LogP contribution in [0.2, 0.25) is 0 Å². The molecule has 0 heterocycles. The molecule has 2 N–H and O–H groups in total. The summed E-state index contributed by atoms with van der Waals surface area (Å²) in [6.45, 7) is 3.67. The van der Waals surface area contributed by atoms with Gasteiger partial charge in [-0.25, -0.2) is 0 Å². The number of hydrogen-bond donors (Lipinski definition) is 2. The molecule has 17 heavy (non-hydrogen) atoms. The van der Waals surface area contributed by atoms with Crippen LogP contribution in [-0.4, -0.2) is 22.8 Å². The van der Waals surface area contributed by atoms with E-state index >= 15 is 0 Å². The van der Waals surface area contributed by atoms with Crippen molar-refractivity contribution < 1.29 is 15.0 Å². The molecular weight excluding hydrogens is 216 g/mol. The van der Waals surface area contributed by atoms with Crippen molar-refractivity contribution in [1.29, 1.82) is 0 Å². The maximum absolute atomic E-state index is 9.00. The van der Waals surface area contributed by atoms with Gasteiger partial charge in [-0.05, 0) is 32.1 Å². The number of aliphatic hydroxyl groups is 1. The minimum atomic E-state index is -0.833. The Hall–Kier alpha value is -0.830. The summed E-state index contributed by atoms with van der Waals surface area (Å²) < 4.78 is 0. The van der Waals surface area contributed by atoms with Crippen molar-refractivity contribution >= 4 is 5.97 Å². The number of carboxylic acid groups (broad SMARTS) is 1. The standard InChI is InChI=1S/C12H24O.C2H4O2/c1-2-3-4-5-6-7-8-9-10-11-12-13;1-2(3)4/h6-7,13H,2-5,8-12H2,1H3;1H3,(H,3,4)/b7-6+;. The van der Waals surface area contributed by atoms with Crippen LogP contribution in [0.25, 0.3) is 0 Å². The van der Waals surface area contributed by atoms with Crippen molar-refractivity contribution in [3.63, 3.8) is 0 Å². The van der Waals surface area contributed by atoms with Crippen LogP contribution < -0.4 is 0 Å². The van der Waals surface area contributed by atoms with Crippen molar-refractivity contribution in [2.45, 2.75) is 65.2 Å². The van der Waals surface area contributed by atoms with Crippen molar-refractivity contribution in [3.05, 3.63) is 12.2 Å². The third kappa shape index (κ3) is 31.3. The quantitative estimate of drug-likeness (QED) is 0.479. The average molecular weight is 244 g/mol. The molecule has 0 aliphatic carbocycles. The molecule has 0 spiro atoms.